The van der Waals surface area contributed by atoms with Crippen molar-refractivity contribution in [3.8, 4) is 0 Å². The monoisotopic (exact) mass is 292 g/mol. The van der Waals surface area contributed by atoms with Crippen molar-refractivity contribution < 1.29 is 9.53 Å². The molecule has 2 heteroatoms. The number of hydrogen-bond acceptors (Lipinski definition) is 2. The summed E-state index contributed by atoms with van der Waals surface area (Å²) < 4.78 is 5.70. The van der Waals surface area contributed by atoms with Crippen LogP contribution in [0.1, 0.15) is 66.7 Å². The van der Waals surface area contributed by atoms with Gasteiger partial charge in [-0.05, 0) is 57.8 Å². The zero-order valence-corrected chi connectivity index (χ0v) is 14.5. The predicted molar refractivity (Wildman–Crippen MR) is 89.0 cm³/mol. The number of rotatable bonds is 1. The SMILES string of the molecule is C=C.CC1CC=C2C[C@@H](OC(=O)C(C)(C)C)CCC2(C)C1. The molecule has 0 aromatic carbocycles. The quantitative estimate of drug-likeness (QED) is 0.484. The van der Waals surface area contributed by atoms with Crippen molar-refractivity contribution in [1.82, 2.24) is 0 Å². The van der Waals surface area contributed by atoms with E-state index in [-0.39, 0.29) is 12.1 Å². The Morgan fingerprint density at radius 2 is 2.00 bits per heavy atom. The van der Waals surface area contributed by atoms with Gasteiger partial charge in [0.05, 0.1) is 5.41 Å². The summed E-state index contributed by atoms with van der Waals surface area (Å²) in [6, 6.07) is 0. The third-order valence-corrected chi connectivity index (χ3v) is 4.69. The molecule has 2 aliphatic rings. The van der Waals surface area contributed by atoms with Gasteiger partial charge >= 0.3 is 5.97 Å². The molecule has 0 aromatic heterocycles. The van der Waals surface area contributed by atoms with E-state index < -0.39 is 5.41 Å². The van der Waals surface area contributed by atoms with E-state index in [1.165, 1.54) is 18.4 Å². The molecule has 1 saturated carbocycles. The largest absolute Gasteiger partial charge is 0.462 e. The Balaban J connectivity index is 0.00000106. The van der Waals surface area contributed by atoms with Gasteiger partial charge in [0.2, 0.25) is 0 Å². The fourth-order valence-electron chi connectivity index (χ4n) is 3.42. The van der Waals surface area contributed by atoms with Crippen molar-refractivity contribution in [3.63, 3.8) is 0 Å². The molecule has 120 valence electrons. The Hall–Kier alpha value is -1.05. The second-order valence-electron chi connectivity index (χ2n) is 7.86. The van der Waals surface area contributed by atoms with Crippen LogP contribution < -0.4 is 0 Å². The Labute approximate surface area is 130 Å². The minimum absolute atomic E-state index is 0.0640. The lowest BCUT2D eigenvalue weighted by Crippen LogP contribution is -2.37. The number of hydrogen-bond donors (Lipinski definition) is 0. The lowest BCUT2D eigenvalue weighted by molar-refractivity contribution is -0.160. The highest BCUT2D eigenvalue weighted by atomic mass is 16.5. The van der Waals surface area contributed by atoms with Crippen LogP contribution in [0.15, 0.2) is 24.8 Å². The summed E-state index contributed by atoms with van der Waals surface area (Å²) in [6.07, 6.45) is 8.10. The van der Waals surface area contributed by atoms with Crippen LogP contribution >= 0.6 is 0 Å². The van der Waals surface area contributed by atoms with Gasteiger partial charge in [0.15, 0.2) is 0 Å². The standard InChI is InChI=1S/C17H28O2.C2H4/c1-12-6-7-13-10-14(8-9-17(13,5)11-12)19-15(18)16(2,3)4;1-2/h7,12,14H,6,8-11H2,1-5H3;1-2H2/t12?,14-,17?;/m0./s1. The first-order chi connectivity index (χ1) is 9.71. The molecular formula is C19H32O2. The Kier molecular flexibility index (Phi) is 5.83. The van der Waals surface area contributed by atoms with Crippen molar-refractivity contribution in [2.45, 2.75) is 72.8 Å². The van der Waals surface area contributed by atoms with Crippen molar-refractivity contribution in [3.05, 3.63) is 24.8 Å². The van der Waals surface area contributed by atoms with Crippen molar-refractivity contribution in [2.24, 2.45) is 16.7 Å². The van der Waals surface area contributed by atoms with E-state index >= 15 is 0 Å². The summed E-state index contributed by atoms with van der Waals surface area (Å²) in [4.78, 5) is 12.0. The molecule has 0 spiro atoms. The van der Waals surface area contributed by atoms with E-state index in [2.05, 4.69) is 33.1 Å². The van der Waals surface area contributed by atoms with Crippen LogP contribution in [0.3, 0.4) is 0 Å². The van der Waals surface area contributed by atoms with Crippen molar-refractivity contribution >= 4 is 5.97 Å². The molecule has 1 fully saturated rings. The average Bonchev–Trinajstić information content (AvgIpc) is 2.40. The summed E-state index contributed by atoms with van der Waals surface area (Å²) in [5.74, 6) is 0.730. The molecule has 0 saturated heterocycles. The molecule has 21 heavy (non-hydrogen) atoms. The maximum Gasteiger partial charge on any atom is 0.311 e. The van der Waals surface area contributed by atoms with Gasteiger partial charge in [0, 0.05) is 6.42 Å². The zero-order valence-electron chi connectivity index (χ0n) is 14.5. The van der Waals surface area contributed by atoms with Gasteiger partial charge in [-0.3, -0.25) is 4.79 Å². The van der Waals surface area contributed by atoms with Gasteiger partial charge in [-0.15, -0.1) is 13.2 Å². The zero-order chi connectivity index (χ0) is 16.3. The van der Waals surface area contributed by atoms with E-state index in [4.69, 9.17) is 4.74 Å². The van der Waals surface area contributed by atoms with Gasteiger partial charge < -0.3 is 4.74 Å². The summed E-state index contributed by atoms with van der Waals surface area (Å²) in [6.45, 7) is 16.5. The topological polar surface area (TPSA) is 26.3 Å². The summed E-state index contributed by atoms with van der Waals surface area (Å²) in [7, 11) is 0. The van der Waals surface area contributed by atoms with Gasteiger partial charge in [0.25, 0.3) is 0 Å². The van der Waals surface area contributed by atoms with E-state index in [1.807, 2.05) is 20.8 Å². The Bertz CT molecular complexity index is 402. The highest BCUT2D eigenvalue weighted by Crippen LogP contribution is 2.49. The third kappa shape index (κ3) is 4.46. The average molecular weight is 292 g/mol. The molecule has 2 nitrogen and oxygen atoms in total. The Morgan fingerprint density at radius 1 is 1.38 bits per heavy atom. The maximum absolute atomic E-state index is 12.0. The first-order valence-corrected chi connectivity index (χ1v) is 8.11. The van der Waals surface area contributed by atoms with Crippen LogP contribution in [0.2, 0.25) is 0 Å². The van der Waals surface area contributed by atoms with Gasteiger partial charge in [-0.1, -0.05) is 25.5 Å². The highest BCUT2D eigenvalue weighted by Gasteiger charge is 2.40. The molecule has 0 heterocycles. The molecule has 0 aromatic rings. The van der Waals surface area contributed by atoms with E-state index in [9.17, 15) is 4.79 Å². The van der Waals surface area contributed by atoms with Crippen LogP contribution in [0.4, 0.5) is 0 Å². The second-order valence-corrected chi connectivity index (χ2v) is 7.86. The number of carbonyl (C=O) groups excluding carboxylic acids is 1. The van der Waals surface area contributed by atoms with Crippen LogP contribution in [0, 0.1) is 16.7 Å². The van der Waals surface area contributed by atoms with Gasteiger partial charge in [-0.25, -0.2) is 0 Å². The lowest BCUT2D eigenvalue weighted by atomic mass is 9.63. The predicted octanol–water partition coefficient (Wildman–Crippen LogP) is 5.29. The van der Waals surface area contributed by atoms with Crippen LogP contribution in [0.5, 0.6) is 0 Å². The third-order valence-electron chi connectivity index (χ3n) is 4.69. The number of esters is 1. The van der Waals surface area contributed by atoms with E-state index in [1.54, 1.807) is 0 Å². The number of allylic oxidation sites excluding steroid dienone is 1. The number of carbonyl (C=O) groups is 1. The van der Waals surface area contributed by atoms with E-state index in [0.29, 0.717) is 5.41 Å². The first kappa shape index (κ1) is 18.0. The van der Waals surface area contributed by atoms with Crippen LogP contribution in [0.25, 0.3) is 0 Å². The molecule has 2 aliphatic carbocycles. The first-order valence-electron chi connectivity index (χ1n) is 8.11. The number of ether oxygens (including phenoxy) is 1. The molecule has 0 aliphatic heterocycles. The molecule has 2 unspecified atom stereocenters. The minimum atomic E-state index is -0.393. The fourth-order valence-corrected chi connectivity index (χ4v) is 3.42. The molecule has 2 rings (SSSR count). The van der Waals surface area contributed by atoms with Crippen LogP contribution in [-0.4, -0.2) is 12.1 Å². The van der Waals surface area contributed by atoms with Gasteiger partial charge in [0.1, 0.15) is 6.10 Å². The van der Waals surface area contributed by atoms with Crippen molar-refractivity contribution in [1.29, 1.82) is 0 Å². The maximum atomic E-state index is 12.0. The van der Waals surface area contributed by atoms with Crippen LogP contribution in [-0.2, 0) is 9.53 Å². The molecule has 0 N–H and O–H groups in total. The molecule has 3 atom stereocenters. The van der Waals surface area contributed by atoms with Gasteiger partial charge in [-0.2, -0.15) is 0 Å². The highest BCUT2D eigenvalue weighted by molar-refractivity contribution is 5.75. The molecule has 0 bridgehead atoms. The molecule has 0 amide bonds. The summed E-state index contributed by atoms with van der Waals surface area (Å²) >= 11 is 0. The second kappa shape index (κ2) is 6.81. The molecular weight excluding hydrogens is 260 g/mol. The lowest BCUT2D eigenvalue weighted by Gasteiger charge is -2.44. The Morgan fingerprint density at radius 3 is 2.57 bits per heavy atom. The minimum Gasteiger partial charge on any atom is -0.462 e. The number of fused-ring (bicyclic) bond motifs is 1. The molecule has 0 radical (unpaired) electrons. The van der Waals surface area contributed by atoms with E-state index in [0.717, 1.165) is 25.2 Å². The summed E-state index contributed by atoms with van der Waals surface area (Å²) in [5, 5.41) is 0. The van der Waals surface area contributed by atoms with Crippen molar-refractivity contribution in [2.75, 3.05) is 0 Å². The normalized spacial score (nSPS) is 32.1. The summed E-state index contributed by atoms with van der Waals surface area (Å²) in [5.41, 5.74) is 1.50. The fraction of sp³-hybridized carbons (Fsp3) is 0.737. The smallest absolute Gasteiger partial charge is 0.311 e.